The molecule has 2 heterocycles. The van der Waals surface area contributed by atoms with E-state index >= 15 is 0 Å². The van der Waals surface area contributed by atoms with Gasteiger partial charge < -0.3 is 14.6 Å². The molecule has 1 aromatic carbocycles. The van der Waals surface area contributed by atoms with Crippen molar-refractivity contribution in [3.8, 4) is 0 Å². The van der Waals surface area contributed by atoms with Crippen LogP contribution in [0.25, 0.3) is 10.9 Å². The van der Waals surface area contributed by atoms with Crippen molar-refractivity contribution in [2.24, 2.45) is 0 Å². The van der Waals surface area contributed by atoms with Crippen molar-refractivity contribution in [2.75, 3.05) is 13.2 Å². The number of carbonyl (C=O) groups excluding carboxylic acids is 2. The predicted octanol–water partition coefficient (Wildman–Crippen LogP) is 1.75. The summed E-state index contributed by atoms with van der Waals surface area (Å²) in [4.78, 5) is 23.0. The van der Waals surface area contributed by atoms with Crippen molar-refractivity contribution < 1.29 is 14.3 Å². The third-order valence-corrected chi connectivity index (χ3v) is 3.83. The zero-order valence-electron chi connectivity index (χ0n) is 11.7. The van der Waals surface area contributed by atoms with E-state index in [-0.39, 0.29) is 18.5 Å². The second-order valence-corrected chi connectivity index (χ2v) is 5.33. The second-order valence-electron chi connectivity index (χ2n) is 5.33. The maximum Gasteiger partial charge on any atom is 0.240 e. The van der Waals surface area contributed by atoms with Gasteiger partial charge in [0.25, 0.3) is 0 Å². The Hall–Kier alpha value is -2.14. The van der Waals surface area contributed by atoms with E-state index in [0.717, 1.165) is 30.0 Å². The SMILES string of the molecule is O=Cc1ccc2ccn(CC(=O)NC3CCOCC3)c2c1. The first-order valence-electron chi connectivity index (χ1n) is 7.17. The smallest absolute Gasteiger partial charge is 0.240 e. The molecule has 2 aromatic rings. The molecule has 0 saturated carbocycles. The molecular formula is C16H18N2O3. The van der Waals surface area contributed by atoms with Gasteiger partial charge in [0, 0.05) is 36.5 Å². The Balaban J connectivity index is 1.71. The van der Waals surface area contributed by atoms with Gasteiger partial charge in [0.15, 0.2) is 0 Å². The summed E-state index contributed by atoms with van der Waals surface area (Å²) < 4.78 is 7.15. The van der Waals surface area contributed by atoms with Crippen LogP contribution in [0.5, 0.6) is 0 Å². The van der Waals surface area contributed by atoms with Crippen LogP contribution in [-0.2, 0) is 16.1 Å². The van der Waals surface area contributed by atoms with Gasteiger partial charge in [-0.2, -0.15) is 0 Å². The Morgan fingerprint density at radius 2 is 2.14 bits per heavy atom. The topological polar surface area (TPSA) is 60.3 Å². The molecule has 0 bridgehead atoms. The molecule has 0 unspecified atom stereocenters. The average Bonchev–Trinajstić information content (AvgIpc) is 2.90. The minimum Gasteiger partial charge on any atom is -0.381 e. The zero-order chi connectivity index (χ0) is 14.7. The molecule has 1 amide bonds. The maximum atomic E-state index is 12.1. The summed E-state index contributed by atoms with van der Waals surface area (Å²) in [5, 5.41) is 4.07. The van der Waals surface area contributed by atoms with Crippen molar-refractivity contribution in [1.82, 2.24) is 9.88 Å². The third kappa shape index (κ3) is 3.13. The zero-order valence-corrected chi connectivity index (χ0v) is 11.7. The van der Waals surface area contributed by atoms with Gasteiger partial charge in [0.1, 0.15) is 12.8 Å². The number of ether oxygens (including phenoxy) is 1. The number of fused-ring (bicyclic) bond motifs is 1. The molecule has 3 rings (SSSR count). The van der Waals surface area contributed by atoms with E-state index in [1.54, 1.807) is 6.07 Å². The van der Waals surface area contributed by atoms with Crippen molar-refractivity contribution >= 4 is 23.1 Å². The number of amides is 1. The summed E-state index contributed by atoms with van der Waals surface area (Å²) >= 11 is 0. The normalized spacial score (nSPS) is 16.0. The first kappa shape index (κ1) is 13.8. The number of carbonyl (C=O) groups is 2. The van der Waals surface area contributed by atoms with Crippen LogP contribution in [0, 0.1) is 0 Å². The molecule has 1 aliphatic rings. The lowest BCUT2D eigenvalue weighted by Gasteiger charge is -2.23. The number of hydrogen-bond acceptors (Lipinski definition) is 3. The van der Waals surface area contributed by atoms with E-state index in [0.29, 0.717) is 18.8 Å². The van der Waals surface area contributed by atoms with Gasteiger partial charge >= 0.3 is 0 Å². The summed E-state index contributed by atoms with van der Waals surface area (Å²) in [6.45, 7) is 1.68. The molecule has 1 saturated heterocycles. The van der Waals surface area contributed by atoms with E-state index in [9.17, 15) is 9.59 Å². The van der Waals surface area contributed by atoms with Gasteiger partial charge in [-0.05, 0) is 30.4 Å². The first-order chi connectivity index (χ1) is 10.3. The molecule has 0 radical (unpaired) electrons. The highest BCUT2D eigenvalue weighted by molar-refractivity contribution is 5.88. The van der Waals surface area contributed by atoms with Crippen LogP contribution in [0.3, 0.4) is 0 Å². The highest BCUT2D eigenvalue weighted by Gasteiger charge is 2.16. The average molecular weight is 286 g/mol. The molecule has 5 heteroatoms. The fraction of sp³-hybridized carbons (Fsp3) is 0.375. The van der Waals surface area contributed by atoms with Gasteiger partial charge in [0.2, 0.25) is 5.91 Å². The van der Waals surface area contributed by atoms with Gasteiger partial charge in [-0.25, -0.2) is 0 Å². The van der Waals surface area contributed by atoms with Crippen LogP contribution in [0.15, 0.2) is 30.5 Å². The Bertz CT molecular complexity index is 657. The Labute approximate surface area is 122 Å². The quantitative estimate of drug-likeness (QED) is 0.871. The van der Waals surface area contributed by atoms with Crippen molar-refractivity contribution in [3.05, 3.63) is 36.0 Å². The molecule has 1 aliphatic heterocycles. The molecular weight excluding hydrogens is 268 g/mol. The minimum atomic E-state index is -0.00379. The molecule has 5 nitrogen and oxygen atoms in total. The second kappa shape index (κ2) is 6.10. The highest BCUT2D eigenvalue weighted by Crippen LogP contribution is 2.17. The number of aromatic nitrogens is 1. The van der Waals surface area contributed by atoms with Crippen LogP contribution in [-0.4, -0.2) is 36.0 Å². The van der Waals surface area contributed by atoms with E-state index in [1.165, 1.54) is 0 Å². The monoisotopic (exact) mass is 286 g/mol. The van der Waals surface area contributed by atoms with Crippen molar-refractivity contribution in [2.45, 2.75) is 25.4 Å². The lowest BCUT2D eigenvalue weighted by Crippen LogP contribution is -2.40. The Kier molecular flexibility index (Phi) is 4.01. The number of rotatable bonds is 4. The summed E-state index contributed by atoms with van der Waals surface area (Å²) in [7, 11) is 0. The van der Waals surface area contributed by atoms with E-state index in [2.05, 4.69) is 5.32 Å². The van der Waals surface area contributed by atoms with E-state index in [4.69, 9.17) is 4.74 Å². The lowest BCUT2D eigenvalue weighted by atomic mass is 10.1. The van der Waals surface area contributed by atoms with Crippen LogP contribution in [0.4, 0.5) is 0 Å². The van der Waals surface area contributed by atoms with Gasteiger partial charge in [-0.3, -0.25) is 9.59 Å². The minimum absolute atomic E-state index is 0.00379. The molecule has 1 fully saturated rings. The third-order valence-electron chi connectivity index (χ3n) is 3.83. The number of nitrogens with one attached hydrogen (secondary N) is 1. The fourth-order valence-corrected chi connectivity index (χ4v) is 2.68. The summed E-state index contributed by atoms with van der Waals surface area (Å²) in [5.41, 5.74) is 1.52. The molecule has 1 aromatic heterocycles. The van der Waals surface area contributed by atoms with Crippen molar-refractivity contribution in [1.29, 1.82) is 0 Å². The van der Waals surface area contributed by atoms with Crippen LogP contribution in [0.1, 0.15) is 23.2 Å². The molecule has 0 spiro atoms. The largest absolute Gasteiger partial charge is 0.381 e. The Morgan fingerprint density at radius 1 is 1.33 bits per heavy atom. The van der Waals surface area contributed by atoms with Gasteiger partial charge in [0.05, 0.1) is 0 Å². The van der Waals surface area contributed by atoms with Gasteiger partial charge in [-0.1, -0.05) is 12.1 Å². The first-order valence-corrected chi connectivity index (χ1v) is 7.17. The number of benzene rings is 1. The molecule has 110 valence electrons. The van der Waals surface area contributed by atoms with Crippen LogP contribution in [0.2, 0.25) is 0 Å². The summed E-state index contributed by atoms with van der Waals surface area (Å²) in [5.74, 6) is -0.00379. The molecule has 21 heavy (non-hydrogen) atoms. The Morgan fingerprint density at radius 3 is 2.90 bits per heavy atom. The molecule has 0 atom stereocenters. The molecule has 1 N–H and O–H groups in total. The fourth-order valence-electron chi connectivity index (χ4n) is 2.68. The summed E-state index contributed by atoms with van der Waals surface area (Å²) in [6, 6.07) is 7.64. The lowest BCUT2D eigenvalue weighted by molar-refractivity contribution is -0.122. The van der Waals surface area contributed by atoms with E-state index < -0.39 is 0 Å². The number of hydrogen-bond donors (Lipinski definition) is 1. The predicted molar refractivity (Wildman–Crippen MR) is 79.3 cm³/mol. The van der Waals surface area contributed by atoms with Crippen LogP contribution < -0.4 is 5.32 Å². The van der Waals surface area contributed by atoms with Crippen molar-refractivity contribution in [3.63, 3.8) is 0 Å². The van der Waals surface area contributed by atoms with Gasteiger partial charge in [-0.15, -0.1) is 0 Å². The standard InChI is InChI=1S/C16H18N2O3/c19-11-12-1-2-13-3-6-18(15(13)9-12)10-16(20)17-14-4-7-21-8-5-14/h1-3,6,9,11,14H,4-5,7-8,10H2,(H,17,20). The molecule has 0 aliphatic carbocycles. The van der Waals surface area contributed by atoms with Crippen LogP contribution >= 0.6 is 0 Å². The number of aldehydes is 1. The maximum absolute atomic E-state index is 12.1. The van der Waals surface area contributed by atoms with E-state index in [1.807, 2.05) is 29.0 Å². The summed E-state index contributed by atoms with van der Waals surface area (Å²) in [6.07, 6.45) is 4.43. The highest BCUT2D eigenvalue weighted by atomic mass is 16.5. The number of nitrogens with zero attached hydrogens (tertiary/aromatic N) is 1.